The Morgan fingerprint density at radius 3 is 0.844 bits per heavy atom. The summed E-state index contributed by atoms with van der Waals surface area (Å²) >= 11 is 0. The van der Waals surface area contributed by atoms with Crippen LogP contribution >= 0.6 is 0 Å². The van der Waals surface area contributed by atoms with Crippen LogP contribution in [0.1, 0.15) is 61.2 Å². The molecule has 0 aliphatic heterocycles. The van der Waals surface area contributed by atoms with Gasteiger partial charge in [-0.15, -0.1) is 0 Å². The highest BCUT2D eigenvalue weighted by atomic mass is 32.2. The van der Waals surface area contributed by atoms with E-state index >= 15 is 0 Å². The molecular weight excluding hydrogens is 1120 g/mol. The molecule has 0 heterocycles. The van der Waals surface area contributed by atoms with Gasteiger partial charge in [0.2, 0.25) is 0 Å². The maximum Gasteiger partial charge on any atom is 0.416 e. The van der Waals surface area contributed by atoms with E-state index in [1.807, 2.05) is 42.5 Å². The highest BCUT2D eigenvalue weighted by Gasteiger charge is 2.47. The van der Waals surface area contributed by atoms with Crippen molar-refractivity contribution in [2.75, 3.05) is 6.26 Å². The van der Waals surface area contributed by atoms with Gasteiger partial charge >= 0.3 is 49.4 Å². The smallest absolute Gasteiger partial charge is 0.194 e. The van der Waals surface area contributed by atoms with E-state index in [0.717, 1.165) is 11.1 Å². The fourth-order valence-corrected chi connectivity index (χ4v) is 9.02. The number of hydrogen-bond acceptors (Lipinski definition) is 2. The van der Waals surface area contributed by atoms with Gasteiger partial charge in [-0.2, -0.15) is 132 Å². The molecule has 77 heavy (non-hydrogen) atoms. The summed E-state index contributed by atoms with van der Waals surface area (Å²) in [6, 6.07) is 9.89. The minimum absolute atomic E-state index is 0.401. The first-order chi connectivity index (χ1) is 34.9. The van der Waals surface area contributed by atoms with Crippen molar-refractivity contribution < 1.29 is 110 Å². The van der Waals surface area contributed by atoms with Crippen LogP contribution in [0.2, 0.25) is 0 Å². The van der Waals surface area contributed by atoms with Crippen molar-refractivity contribution in [1.29, 1.82) is 5.26 Å². The number of alkyl halides is 24. The second-order valence-electron chi connectivity index (χ2n) is 16.8. The molecule has 0 spiro atoms. The van der Waals surface area contributed by atoms with E-state index in [9.17, 15) is 110 Å². The Hall–Kier alpha value is -7.10. The minimum atomic E-state index is -6.13. The molecule has 0 radical (unpaired) electrons. The molecule has 0 N–H and O–H groups in total. The third-order valence-electron chi connectivity index (χ3n) is 11.2. The molecule has 0 amide bonds. The second kappa shape index (κ2) is 21.0. The lowest BCUT2D eigenvalue weighted by Gasteiger charge is -2.46. The fourth-order valence-electron chi connectivity index (χ4n) is 7.79. The van der Waals surface area contributed by atoms with E-state index in [0.29, 0.717) is 11.3 Å². The number of benzene rings is 6. The van der Waals surface area contributed by atoms with Gasteiger partial charge in [0, 0.05) is 11.1 Å². The molecule has 6 rings (SSSR count). The molecule has 1 unspecified atom stereocenters. The first-order valence-electron chi connectivity index (χ1n) is 20.7. The quantitative estimate of drug-likeness (QED) is 0.0722. The zero-order valence-electron chi connectivity index (χ0n) is 37.7. The molecule has 6 aromatic carbocycles. The maximum absolute atomic E-state index is 14.2. The lowest BCUT2D eigenvalue weighted by atomic mass is 9.12. The third-order valence-corrected chi connectivity index (χ3v) is 12.6. The van der Waals surface area contributed by atoms with Crippen molar-refractivity contribution in [2.45, 2.75) is 55.2 Å². The fraction of sp³-hybridized carbons (Fsp3) is 0.204. The van der Waals surface area contributed by atoms with Crippen molar-refractivity contribution in [3.8, 4) is 17.2 Å². The zero-order valence-corrected chi connectivity index (χ0v) is 38.6. The Morgan fingerprint density at radius 2 is 0.623 bits per heavy atom. The first-order valence-corrected chi connectivity index (χ1v) is 22.9. The van der Waals surface area contributed by atoms with Gasteiger partial charge in [0.05, 0.1) is 56.1 Å². The summed E-state index contributed by atoms with van der Waals surface area (Å²) in [6.45, 7) is 0. The SMILES string of the molecule is C[S+](=O)(C#Cc1ccccc1)Cc1ccc(C#N)cc1.FC(F)(F)c1cc([B-](c2cc(C(F)(F)F)cc(C(F)(F)F)c2)(c2cc(C(F)(F)F)cc(C(F)(F)F)c2)c2cc(C(F)(F)F)cc(C(F)(F)F)c2)cc(C(F)(F)F)c1. The van der Waals surface area contributed by atoms with E-state index in [4.69, 9.17) is 5.26 Å². The van der Waals surface area contributed by atoms with Crippen LogP contribution in [-0.4, -0.2) is 12.4 Å². The Balaban J connectivity index is 0.000000455. The Bertz CT molecular complexity index is 2830. The predicted molar refractivity (Wildman–Crippen MR) is 232 cm³/mol. The largest absolute Gasteiger partial charge is 0.416 e. The Morgan fingerprint density at radius 1 is 0.377 bits per heavy atom. The van der Waals surface area contributed by atoms with Crippen LogP contribution in [0, 0.1) is 22.5 Å². The standard InChI is InChI=1S/C32H12BF24.C17H14NOS/c34-25(35,36)13-1-14(26(37,38)39)6-21(5-13)33(22-7-15(27(40,41)42)2-16(8-22)28(43,44)45,23-9-17(29(46,47)48)3-18(10-23)30(49,50)51)24-11-19(31(52,53)54)4-20(12-24)32(55,56)57;1-20(19,12-11-15-5-3-2-4-6-15)14-17-9-7-16(13-18)8-10-17/h1-12H;2-10H,14H2,1H3/q-1;+1. The van der Waals surface area contributed by atoms with E-state index in [-0.39, 0.29) is 0 Å². The molecule has 2 nitrogen and oxygen atoms in total. The molecule has 0 saturated carbocycles. The average molecular weight is 1140 g/mol. The number of nitrogens with zero attached hydrogens (tertiary/aromatic N) is 1. The molecule has 410 valence electrons. The van der Waals surface area contributed by atoms with E-state index in [1.54, 1.807) is 18.4 Å². The second-order valence-corrected chi connectivity index (χ2v) is 19.3. The van der Waals surface area contributed by atoms with Crippen molar-refractivity contribution in [1.82, 2.24) is 0 Å². The van der Waals surface area contributed by atoms with Crippen molar-refractivity contribution >= 4 is 37.9 Å². The molecule has 0 aliphatic carbocycles. The average Bonchev–Trinajstić information content (AvgIpc) is 3.29. The molecule has 1 atom stereocenters. The molecule has 0 bridgehead atoms. The van der Waals surface area contributed by atoms with Crippen LogP contribution in [0.25, 0.3) is 0 Å². The Labute approximate surface area is 419 Å². The van der Waals surface area contributed by atoms with Gasteiger partial charge in [-0.05, 0) is 54.5 Å². The van der Waals surface area contributed by atoms with Crippen LogP contribution in [0.3, 0.4) is 0 Å². The van der Waals surface area contributed by atoms with Gasteiger partial charge in [-0.1, -0.05) is 83.1 Å². The van der Waals surface area contributed by atoms with Gasteiger partial charge in [0.1, 0.15) is 18.2 Å². The van der Waals surface area contributed by atoms with Crippen LogP contribution in [0.15, 0.2) is 127 Å². The summed E-state index contributed by atoms with van der Waals surface area (Å²) < 4.78 is 353. The molecule has 0 aromatic heterocycles. The summed E-state index contributed by atoms with van der Waals surface area (Å²) in [5, 5.41) is 11.6. The third kappa shape index (κ3) is 14.9. The number of nitriles is 1. The lowest BCUT2D eigenvalue weighted by molar-refractivity contribution is -0.144. The monoisotopic (exact) mass is 1140 g/mol. The lowest BCUT2D eigenvalue weighted by Crippen LogP contribution is -2.75. The maximum atomic E-state index is 14.2. The van der Waals surface area contributed by atoms with E-state index in [2.05, 4.69) is 17.2 Å². The van der Waals surface area contributed by atoms with Crippen LogP contribution in [0.4, 0.5) is 105 Å². The molecule has 0 aliphatic rings. The molecule has 0 fully saturated rings. The van der Waals surface area contributed by atoms with Gasteiger partial charge in [-0.25, -0.2) is 0 Å². The summed E-state index contributed by atoms with van der Waals surface area (Å²) in [4.78, 5) is 0. The topological polar surface area (TPSA) is 40.9 Å². The minimum Gasteiger partial charge on any atom is -0.194 e. The van der Waals surface area contributed by atoms with E-state index < -0.39 is 205 Å². The molecule has 6 aromatic rings. The van der Waals surface area contributed by atoms with Gasteiger partial charge < -0.3 is 0 Å². The van der Waals surface area contributed by atoms with Crippen LogP contribution < -0.4 is 21.9 Å². The normalized spacial score (nSPS) is 13.9. The predicted octanol–water partition coefficient (Wildman–Crippen LogP) is 14.4. The molecular formula is C49H26BF24NOS. The number of halogens is 24. The Kier molecular flexibility index (Phi) is 16.6. The van der Waals surface area contributed by atoms with Crippen molar-refractivity contribution in [2.24, 2.45) is 0 Å². The van der Waals surface area contributed by atoms with E-state index in [1.165, 1.54) is 0 Å². The number of rotatable bonds is 6. The van der Waals surface area contributed by atoms with Gasteiger partial charge in [0.25, 0.3) is 0 Å². The summed E-state index contributed by atoms with van der Waals surface area (Å²) in [7, 11) is -2.25. The van der Waals surface area contributed by atoms with Crippen molar-refractivity contribution in [3.63, 3.8) is 0 Å². The highest BCUT2D eigenvalue weighted by Crippen LogP contribution is 2.41. The summed E-state index contributed by atoms with van der Waals surface area (Å²) in [6.07, 6.45) is -53.1. The summed E-state index contributed by atoms with van der Waals surface area (Å²) in [5.41, 5.74) is -27.8. The summed E-state index contributed by atoms with van der Waals surface area (Å²) in [5.74, 6) is 3.35. The highest BCUT2D eigenvalue weighted by molar-refractivity contribution is 8.05. The molecule has 28 heteroatoms. The van der Waals surface area contributed by atoms with Gasteiger partial charge in [0.15, 0.2) is 15.2 Å². The van der Waals surface area contributed by atoms with Crippen LogP contribution in [-0.2, 0) is 69.3 Å². The zero-order chi connectivity index (χ0) is 58.3. The van der Waals surface area contributed by atoms with Gasteiger partial charge in [-0.3, -0.25) is 0 Å². The first kappa shape index (κ1) is 60.8. The van der Waals surface area contributed by atoms with Crippen molar-refractivity contribution in [3.05, 3.63) is 189 Å². The van der Waals surface area contributed by atoms with Crippen LogP contribution in [0.5, 0.6) is 0 Å². The number of hydrogen-bond donors (Lipinski definition) is 0. The molecule has 0 saturated heterocycles.